The molecule has 0 saturated heterocycles. The Kier molecular flexibility index (Phi) is 10.5. The molecule has 2 unspecified atom stereocenters. The molecule has 29 heavy (non-hydrogen) atoms. The number of methoxy groups -OCH3 is 1. The number of hydrogen-bond donors (Lipinski definition) is 3. The Balaban J connectivity index is 3.04. The summed E-state index contributed by atoms with van der Waals surface area (Å²) in [7, 11) is -0.488. The van der Waals surface area contributed by atoms with Crippen LogP contribution in [0.5, 0.6) is 5.88 Å². The lowest BCUT2D eigenvalue weighted by Gasteiger charge is -2.31. The van der Waals surface area contributed by atoms with Gasteiger partial charge in [-0.25, -0.2) is 18.6 Å². The maximum Gasteiger partial charge on any atom is 0.494 e. The van der Waals surface area contributed by atoms with Crippen molar-refractivity contribution in [2.75, 3.05) is 20.3 Å². The van der Waals surface area contributed by atoms with Gasteiger partial charge in [-0.15, -0.1) is 0 Å². The summed E-state index contributed by atoms with van der Waals surface area (Å²) in [4.78, 5) is 18.1. The van der Waals surface area contributed by atoms with Gasteiger partial charge in [0.15, 0.2) is 0 Å². The number of ether oxygens (including phenoxy) is 1. The van der Waals surface area contributed by atoms with Crippen molar-refractivity contribution < 1.29 is 32.8 Å². The molecule has 2 amide bonds. The number of carbonyl (C=O) groups is 1. The number of carbonyl (C=O) groups excluding carboxylic acids is 1. The Morgan fingerprint density at radius 3 is 2.69 bits per heavy atom. The predicted molar refractivity (Wildman–Crippen MR) is 104 cm³/mol. The number of pyridine rings is 1. The van der Waals surface area contributed by atoms with Gasteiger partial charge < -0.3 is 25.0 Å². The minimum absolute atomic E-state index is 0.00459. The fourth-order valence-electron chi connectivity index (χ4n) is 2.90. The summed E-state index contributed by atoms with van der Waals surface area (Å²) < 4.78 is 43.9. The number of urea groups is 1. The molecule has 0 aromatic carbocycles. The molecule has 7 nitrogen and oxygen atoms in total. The highest BCUT2D eigenvalue weighted by Crippen LogP contribution is 2.21. The second kappa shape index (κ2) is 12.3. The number of amides is 2. The van der Waals surface area contributed by atoms with Crippen LogP contribution in [0.3, 0.4) is 0 Å². The van der Waals surface area contributed by atoms with Gasteiger partial charge in [0.2, 0.25) is 5.88 Å². The highest BCUT2D eigenvalue weighted by atomic mass is 19.1. The van der Waals surface area contributed by atoms with Gasteiger partial charge in [0.1, 0.15) is 6.17 Å². The van der Waals surface area contributed by atoms with Crippen molar-refractivity contribution in [1.29, 1.82) is 0 Å². The molecule has 1 rings (SSSR count). The predicted octanol–water partition coefficient (Wildman–Crippen LogP) is 1.80. The summed E-state index contributed by atoms with van der Waals surface area (Å²) in [5, 5.41) is 21.5. The standard InChI is InChI=1S/C18H27BF3N3O4/c1-4-25(18(26)24-16(6-5-8-20)15(22)7-9-21)12(2)13-10-14(19(27)28)17(29-3)23-11-13/h7,9-12,15-16,27-28H,4-6,8H2,1-3H3,(H,24,26)/t12-,15?,16?/m1/s1. The van der Waals surface area contributed by atoms with E-state index in [1.54, 1.807) is 13.8 Å². The molecule has 11 heteroatoms. The van der Waals surface area contributed by atoms with Crippen LogP contribution in [0.4, 0.5) is 18.0 Å². The molecule has 0 bridgehead atoms. The van der Waals surface area contributed by atoms with Crippen LogP contribution in [-0.4, -0.2) is 65.6 Å². The number of nitrogens with one attached hydrogen (secondary N) is 1. The first-order chi connectivity index (χ1) is 13.8. The smallest absolute Gasteiger partial charge is 0.481 e. The summed E-state index contributed by atoms with van der Waals surface area (Å²) in [6, 6.07) is -0.829. The zero-order valence-electron chi connectivity index (χ0n) is 16.7. The number of nitrogens with zero attached hydrogens (tertiary/aromatic N) is 2. The number of rotatable bonds is 11. The third-order valence-corrected chi connectivity index (χ3v) is 4.52. The van der Waals surface area contributed by atoms with Gasteiger partial charge in [-0.3, -0.25) is 4.39 Å². The molecule has 3 atom stereocenters. The van der Waals surface area contributed by atoms with E-state index in [9.17, 15) is 28.0 Å². The number of aromatic nitrogens is 1. The quantitative estimate of drug-likeness (QED) is 0.478. The summed E-state index contributed by atoms with van der Waals surface area (Å²) in [6.45, 7) is 2.95. The third-order valence-electron chi connectivity index (χ3n) is 4.52. The molecule has 0 fully saturated rings. The van der Waals surface area contributed by atoms with Crippen molar-refractivity contribution in [2.45, 2.75) is 44.9 Å². The Morgan fingerprint density at radius 1 is 1.48 bits per heavy atom. The van der Waals surface area contributed by atoms with Crippen molar-refractivity contribution in [2.24, 2.45) is 0 Å². The average Bonchev–Trinajstić information content (AvgIpc) is 2.70. The Labute approximate surface area is 168 Å². The number of halogens is 3. The molecule has 1 heterocycles. The maximum absolute atomic E-state index is 14.1. The van der Waals surface area contributed by atoms with Crippen molar-refractivity contribution in [3.8, 4) is 5.88 Å². The third kappa shape index (κ3) is 6.93. The van der Waals surface area contributed by atoms with Crippen LogP contribution in [0.25, 0.3) is 0 Å². The van der Waals surface area contributed by atoms with Crippen LogP contribution < -0.4 is 15.5 Å². The van der Waals surface area contributed by atoms with E-state index >= 15 is 0 Å². The molecule has 0 saturated carbocycles. The second-order valence-electron chi connectivity index (χ2n) is 6.35. The Bertz CT molecular complexity index is 682. The van der Waals surface area contributed by atoms with E-state index < -0.39 is 38.1 Å². The largest absolute Gasteiger partial charge is 0.494 e. The molecular formula is C18H27BF3N3O4. The Morgan fingerprint density at radius 2 is 2.17 bits per heavy atom. The lowest BCUT2D eigenvalue weighted by atomic mass is 9.80. The highest BCUT2D eigenvalue weighted by Gasteiger charge is 2.27. The monoisotopic (exact) mass is 417 g/mol. The summed E-state index contributed by atoms with van der Waals surface area (Å²) in [6.07, 6.45) is 0.353. The van der Waals surface area contributed by atoms with E-state index in [4.69, 9.17) is 4.74 Å². The van der Waals surface area contributed by atoms with Gasteiger partial charge in [0.25, 0.3) is 0 Å². The minimum atomic E-state index is -1.82. The van der Waals surface area contributed by atoms with E-state index in [-0.39, 0.29) is 37.1 Å². The van der Waals surface area contributed by atoms with Crippen molar-refractivity contribution in [1.82, 2.24) is 15.2 Å². The molecule has 0 aliphatic rings. The van der Waals surface area contributed by atoms with Crippen LogP contribution in [-0.2, 0) is 0 Å². The van der Waals surface area contributed by atoms with E-state index in [0.717, 1.165) is 0 Å². The summed E-state index contributed by atoms with van der Waals surface area (Å²) >= 11 is 0. The van der Waals surface area contributed by atoms with Crippen molar-refractivity contribution in [3.05, 3.63) is 30.2 Å². The SMILES string of the molecule is CCN(C(=O)NC(CCCF)C(F)C=CF)[C@H](C)c1cnc(OC)c(B(O)O)c1. The van der Waals surface area contributed by atoms with E-state index in [1.807, 2.05) is 0 Å². The first-order valence-electron chi connectivity index (χ1n) is 9.24. The molecule has 1 aromatic rings. The zero-order chi connectivity index (χ0) is 22.0. The maximum atomic E-state index is 14.1. The molecule has 1 aromatic heterocycles. The first kappa shape index (κ1) is 24.8. The Hall–Kier alpha value is -2.27. The van der Waals surface area contributed by atoms with Crippen LogP contribution in [0.15, 0.2) is 24.7 Å². The molecular weight excluding hydrogens is 390 g/mol. The summed E-state index contributed by atoms with van der Waals surface area (Å²) in [5.41, 5.74) is 0.526. The molecule has 0 aliphatic carbocycles. The fourth-order valence-corrected chi connectivity index (χ4v) is 2.90. The topological polar surface area (TPSA) is 94.9 Å². The normalized spacial score (nSPS) is 14.3. The van der Waals surface area contributed by atoms with Gasteiger partial charge in [0.05, 0.1) is 32.2 Å². The molecule has 3 N–H and O–H groups in total. The van der Waals surface area contributed by atoms with E-state index in [1.165, 1.54) is 24.3 Å². The minimum Gasteiger partial charge on any atom is -0.481 e. The van der Waals surface area contributed by atoms with Gasteiger partial charge >= 0.3 is 13.1 Å². The lowest BCUT2D eigenvalue weighted by molar-refractivity contribution is 0.170. The van der Waals surface area contributed by atoms with Gasteiger partial charge in [-0.1, -0.05) is 6.07 Å². The summed E-state index contributed by atoms with van der Waals surface area (Å²) in [5.74, 6) is 0.0352. The van der Waals surface area contributed by atoms with Crippen molar-refractivity contribution in [3.63, 3.8) is 0 Å². The van der Waals surface area contributed by atoms with Gasteiger partial charge in [0, 0.05) is 18.2 Å². The molecule has 0 aliphatic heterocycles. The van der Waals surface area contributed by atoms with E-state index in [2.05, 4.69) is 10.3 Å². The van der Waals surface area contributed by atoms with Crippen LogP contribution >= 0.6 is 0 Å². The molecule has 0 spiro atoms. The molecule has 0 radical (unpaired) electrons. The van der Waals surface area contributed by atoms with Gasteiger partial charge in [-0.2, -0.15) is 0 Å². The van der Waals surface area contributed by atoms with Crippen LogP contribution in [0.2, 0.25) is 0 Å². The fraction of sp³-hybridized carbons (Fsp3) is 0.556. The van der Waals surface area contributed by atoms with E-state index in [0.29, 0.717) is 11.6 Å². The average molecular weight is 417 g/mol. The first-order valence-corrected chi connectivity index (χ1v) is 9.24. The lowest BCUT2D eigenvalue weighted by Crippen LogP contribution is -2.49. The second-order valence-corrected chi connectivity index (χ2v) is 6.35. The van der Waals surface area contributed by atoms with Crippen molar-refractivity contribution >= 4 is 18.6 Å². The van der Waals surface area contributed by atoms with Crippen LogP contribution in [0.1, 0.15) is 38.3 Å². The number of hydrogen-bond acceptors (Lipinski definition) is 5. The zero-order valence-corrected chi connectivity index (χ0v) is 16.7. The highest BCUT2D eigenvalue weighted by molar-refractivity contribution is 6.59. The molecule has 162 valence electrons. The number of alkyl halides is 2. The van der Waals surface area contributed by atoms with Gasteiger partial charge in [-0.05, 0) is 38.3 Å². The van der Waals surface area contributed by atoms with Crippen LogP contribution in [0, 0.1) is 0 Å².